The van der Waals surface area contributed by atoms with Crippen LogP contribution in [0.2, 0.25) is 0 Å². The monoisotopic (exact) mass is 252 g/mol. The average molecular weight is 252 g/mol. The van der Waals surface area contributed by atoms with E-state index >= 15 is 0 Å². The minimum Gasteiger partial charge on any atom is -0.467 e. The molecule has 0 saturated carbocycles. The van der Waals surface area contributed by atoms with Crippen LogP contribution in [0, 0.1) is 0 Å². The summed E-state index contributed by atoms with van der Waals surface area (Å²) in [7, 11) is 1.26. The van der Waals surface area contributed by atoms with Crippen molar-refractivity contribution >= 4 is 5.97 Å². The third kappa shape index (κ3) is 2.87. The molecule has 2 rings (SSSR count). The number of carbonyl (C=O) groups excluding carboxylic acids is 1. The van der Waals surface area contributed by atoms with Gasteiger partial charge in [-0.2, -0.15) is 0 Å². The van der Waals surface area contributed by atoms with Gasteiger partial charge in [-0.15, -0.1) is 0 Å². The summed E-state index contributed by atoms with van der Waals surface area (Å²) in [6, 6.07) is 9.70. The molecule has 0 radical (unpaired) electrons. The third-order valence-corrected chi connectivity index (χ3v) is 2.84. The van der Waals surface area contributed by atoms with Crippen LogP contribution in [0.15, 0.2) is 30.3 Å². The summed E-state index contributed by atoms with van der Waals surface area (Å²) in [4.78, 5) is 11.1. The summed E-state index contributed by atoms with van der Waals surface area (Å²) in [5.41, 5.74) is 1.05. The van der Waals surface area contributed by atoms with Gasteiger partial charge in [0.15, 0.2) is 6.10 Å². The van der Waals surface area contributed by atoms with Crippen LogP contribution in [0.4, 0.5) is 0 Å². The van der Waals surface area contributed by atoms with Crippen molar-refractivity contribution in [3.05, 3.63) is 35.9 Å². The van der Waals surface area contributed by atoms with Crippen molar-refractivity contribution in [1.82, 2.24) is 0 Å². The van der Waals surface area contributed by atoms with Crippen molar-refractivity contribution in [1.29, 1.82) is 0 Å². The van der Waals surface area contributed by atoms with Crippen LogP contribution in [0.3, 0.4) is 0 Å². The molecule has 98 valence electrons. The van der Waals surface area contributed by atoms with E-state index in [1.807, 2.05) is 30.3 Å². The molecule has 1 aromatic carbocycles. The van der Waals surface area contributed by atoms with Crippen LogP contribution >= 0.6 is 0 Å². The van der Waals surface area contributed by atoms with Crippen LogP contribution in [-0.4, -0.2) is 43.1 Å². The van der Waals surface area contributed by atoms with Gasteiger partial charge in [0, 0.05) is 0 Å². The normalized spacial score (nSPS) is 26.4. The van der Waals surface area contributed by atoms with Gasteiger partial charge in [-0.25, -0.2) is 4.79 Å². The highest BCUT2D eigenvalue weighted by molar-refractivity contribution is 5.76. The Morgan fingerprint density at radius 2 is 2.11 bits per heavy atom. The van der Waals surface area contributed by atoms with Gasteiger partial charge in [-0.3, -0.25) is 0 Å². The Morgan fingerprint density at radius 1 is 1.39 bits per heavy atom. The van der Waals surface area contributed by atoms with Crippen molar-refractivity contribution < 1.29 is 24.1 Å². The molecule has 0 spiro atoms. The Morgan fingerprint density at radius 3 is 2.72 bits per heavy atom. The van der Waals surface area contributed by atoms with E-state index in [1.165, 1.54) is 7.11 Å². The van der Waals surface area contributed by atoms with Crippen molar-refractivity contribution in [3.8, 4) is 0 Å². The number of rotatable bonds is 5. The minimum absolute atomic E-state index is 0.254. The lowest BCUT2D eigenvalue weighted by molar-refractivity contribution is -0.243. The molecule has 1 aromatic rings. The van der Waals surface area contributed by atoms with E-state index in [2.05, 4.69) is 4.74 Å². The first-order valence-electron chi connectivity index (χ1n) is 5.75. The van der Waals surface area contributed by atoms with Crippen molar-refractivity contribution in [2.45, 2.75) is 24.9 Å². The number of hydrogen-bond acceptors (Lipinski definition) is 5. The topological polar surface area (TPSA) is 65.0 Å². The Kier molecular flexibility index (Phi) is 4.30. The molecular formula is C13H16O5. The Bertz CT molecular complexity index is 392. The molecule has 3 atom stereocenters. The van der Waals surface area contributed by atoms with Gasteiger partial charge in [-0.05, 0) is 5.56 Å². The molecule has 5 heteroatoms. The highest BCUT2D eigenvalue weighted by Gasteiger charge is 2.46. The fraction of sp³-hybridized carbons (Fsp3) is 0.462. The molecule has 0 aliphatic carbocycles. The summed E-state index contributed by atoms with van der Waals surface area (Å²) in [5.74, 6) is -0.554. The number of ether oxygens (including phenoxy) is 3. The number of carbonyl (C=O) groups is 1. The number of esters is 1. The molecular weight excluding hydrogens is 236 g/mol. The maximum atomic E-state index is 11.1. The number of aliphatic hydroxyl groups excluding tert-OH is 1. The smallest absolute Gasteiger partial charge is 0.337 e. The molecule has 18 heavy (non-hydrogen) atoms. The van der Waals surface area contributed by atoms with Crippen LogP contribution in [0.1, 0.15) is 5.56 Å². The predicted octanol–water partition coefficient (Wildman–Crippen LogP) is 0.504. The first-order valence-corrected chi connectivity index (χ1v) is 5.75. The number of benzene rings is 1. The molecule has 1 saturated heterocycles. The molecule has 1 aliphatic rings. The molecule has 1 fully saturated rings. The van der Waals surface area contributed by atoms with Crippen LogP contribution in [-0.2, 0) is 25.6 Å². The van der Waals surface area contributed by atoms with Gasteiger partial charge in [0.2, 0.25) is 0 Å². The zero-order chi connectivity index (χ0) is 13.0. The van der Waals surface area contributed by atoms with Gasteiger partial charge >= 0.3 is 5.97 Å². The maximum absolute atomic E-state index is 11.1. The molecule has 1 heterocycles. The SMILES string of the molecule is COC(=O)[C@H]1O[C@@H](COCc2ccccc2)[C@@H]1O. The fourth-order valence-electron chi connectivity index (χ4n) is 1.77. The van der Waals surface area contributed by atoms with Crippen LogP contribution in [0.25, 0.3) is 0 Å². The second-order valence-electron chi connectivity index (χ2n) is 4.11. The average Bonchev–Trinajstić information content (AvgIpc) is 2.42. The molecule has 1 N–H and O–H groups in total. The summed E-state index contributed by atoms with van der Waals surface area (Å²) < 4.78 is 15.1. The van der Waals surface area contributed by atoms with Crippen LogP contribution < -0.4 is 0 Å². The summed E-state index contributed by atoms with van der Waals surface area (Å²) in [6.07, 6.45) is -2.19. The first kappa shape index (κ1) is 13.0. The zero-order valence-corrected chi connectivity index (χ0v) is 10.1. The second kappa shape index (κ2) is 5.95. The lowest BCUT2D eigenvalue weighted by atomic mass is 10.0. The number of aliphatic hydroxyl groups is 1. The fourth-order valence-corrected chi connectivity index (χ4v) is 1.77. The molecule has 0 unspecified atom stereocenters. The molecule has 0 bridgehead atoms. The zero-order valence-electron chi connectivity index (χ0n) is 10.1. The highest BCUT2D eigenvalue weighted by Crippen LogP contribution is 2.23. The van der Waals surface area contributed by atoms with Crippen LogP contribution in [0.5, 0.6) is 0 Å². The molecule has 5 nitrogen and oxygen atoms in total. The summed E-state index contributed by atoms with van der Waals surface area (Å²) >= 11 is 0. The molecule has 1 aliphatic heterocycles. The largest absolute Gasteiger partial charge is 0.467 e. The number of hydrogen-bond donors (Lipinski definition) is 1. The standard InChI is InChI=1S/C13H16O5/c1-16-13(15)12-11(14)10(18-12)8-17-7-9-5-3-2-4-6-9/h2-6,10-12,14H,7-8H2,1H3/t10-,11-,12-/m0/s1. The van der Waals surface area contributed by atoms with Gasteiger partial charge in [0.05, 0.1) is 20.3 Å². The highest BCUT2D eigenvalue weighted by atomic mass is 16.6. The van der Waals surface area contributed by atoms with Gasteiger partial charge in [0.1, 0.15) is 12.2 Å². The van der Waals surface area contributed by atoms with E-state index in [0.29, 0.717) is 6.61 Å². The Labute approximate surface area is 105 Å². The second-order valence-corrected chi connectivity index (χ2v) is 4.11. The lowest BCUT2D eigenvalue weighted by Crippen LogP contribution is -2.59. The van der Waals surface area contributed by atoms with Gasteiger partial charge < -0.3 is 19.3 Å². The van der Waals surface area contributed by atoms with Crippen molar-refractivity contribution in [2.24, 2.45) is 0 Å². The maximum Gasteiger partial charge on any atom is 0.337 e. The Hall–Kier alpha value is -1.43. The summed E-state index contributed by atoms with van der Waals surface area (Å²) in [6.45, 7) is 0.708. The van der Waals surface area contributed by atoms with Gasteiger partial charge in [0.25, 0.3) is 0 Å². The quantitative estimate of drug-likeness (QED) is 0.773. The summed E-state index contributed by atoms with van der Waals surface area (Å²) in [5, 5.41) is 9.66. The van der Waals surface area contributed by atoms with E-state index in [1.54, 1.807) is 0 Å². The molecule has 0 amide bonds. The predicted molar refractivity (Wildman–Crippen MR) is 62.8 cm³/mol. The van der Waals surface area contributed by atoms with E-state index in [0.717, 1.165) is 5.56 Å². The third-order valence-electron chi connectivity index (χ3n) is 2.84. The minimum atomic E-state index is -0.875. The Balaban J connectivity index is 1.69. The number of methoxy groups -OCH3 is 1. The van der Waals surface area contributed by atoms with E-state index in [4.69, 9.17) is 9.47 Å². The molecule has 0 aromatic heterocycles. The van der Waals surface area contributed by atoms with Crippen molar-refractivity contribution in [2.75, 3.05) is 13.7 Å². The van der Waals surface area contributed by atoms with Crippen molar-refractivity contribution in [3.63, 3.8) is 0 Å². The van der Waals surface area contributed by atoms with E-state index < -0.39 is 24.3 Å². The van der Waals surface area contributed by atoms with E-state index in [9.17, 15) is 9.90 Å². The van der Waals surface area contributed by atoms with E-state index in [-0.39, 0.29) is 6.61 Å². The van der Waals surface area contributed by atoms with Gasteiger partial charge in [-0.1, -0.05) is 30.3 Å². The first-order chi connectivity index (χ1) is 8.72. The lowest BCUT2D eigenvalue weighted by Gasteiger charge is -2.39.